The molecule has 0 fully saturated rings. The van der Waals surface area contributed by atoms with E-state index in [0.717, 1.165) is 43.4 Å². The fraction of sp³-hybridized carbons (Fsp3) is 0.429. The van der Waals surface area contributed by atoms with E-state index >= 15 is 0 Å². The lowest BCUT2D eigenvalue weighted by Gasteiger charge is -2.14. The summed E-state index contributed by atoms with van der Waals surface area (Å²) in [6, 6.07) is 11.8. The van der Waals surface area contributed by atoms with Crippen LogP contribution in [0.15, 0.2) is 48.7 Å². The molecule has 0 aliphatic rings. The highest BCUT2D eigenvalue weighted by molar-refractivity contribution is 5.68. The summed E-state index contributed by atoms with van der Waals surface area (Å²) in [5.74, 6) is -0.247. The van der Waals surface area contributed by atoms with Crippen LogP contribution in [-0.4, -0.2) is 68.4 Å². The third kappa shape index (κ3) is 9.55. The van der Waals surface area contributed by atoms with Gasteiger partial charge >= 0.3 is 6.01 Å². The Kier molecular flexibility index (Phi) is 12.2. The Morgan fingerprint density at radius 2 is 1.71 bits per heavy atom. The van der Waals surface area contributed by atoms with Crippen LogP contribution < -0.4 is 5.32 Å². The molecule has 0 aliphatic carbocycles. The molecule has 1 atom stereocenters. The third-order valence-electron chi connectivity index (χ3n) is 6.02. The highest BCUT2D eigenvalue weighted by Crippen LogP contribution is 2.28. The number of hydrogen-bond acceptors (Lipinski definition) is 10. The van der Waals surface area contributed by atoms with Crippen LogP contribution in [0.2, 0.25) is 0 Å². The second-order valence-corrected chi connectivity index (χ2v) is 8.95. The van der Waals surface area contributed by atoms with Gasteiger partial charge in [0.1, 0.15) is 5.75 Å². The smallest absolute Gasteiger partial charge is 0.317 e. The Labute approximate surface area is 222 Å². The van der Waals surface area contributed by atoms with Gasteiger partial charge in [0, 0.05) is 24.9 Å². The van der Waals surface area contributed by atoms with Crippen molar-refractivity contribution in [2.75, 3.05) is 32.9 Å². The number of aromatic nitrogens is 2. The summed E-state index contributed by atoms with van der Waals surface area (Å²) in [6.07, 6.45) is 4.78. The lowest BCUT2D eigenvalue weighted by Crippen LogP contribution is -2.22. The van der Waals surface area contributed by atoms with E-state index in [1.165, 1.54) is 12.3 Å². The monoisotopic (exact) mass is 527 g/mol. The summed E-state index contributed by atoms with van der Waals surface area (Å²) in [7, 11) is 0. The molecule has 10 heteroatoms. The molecule has 6 N–H and O–H groups in total. The molecule has 0 saturated carbocycles. The van der Waals surface area contributed by atoms with Gasteiger partial charge in [0.2, 0.25) is 5.88 Å². The van der Waals surface area contributed by atoms with Gasteiger partial charge in [-0.2, -0.15) is 4.98 Å². The van der Waals surface area contributed by atoms with Gasteiger partial charge in [0.05, 0.1) is 38.1 Å². The lowest BCUT2D eigenvalue weighted by molar-refractivity contribution is 0.0393. The van der Waals surface area contributed by atoms with Gasteiger partial charge in [0.25, 0.3) is 0 Å². The lowest BCUT2D eigenvalue weighted by atomic mass is 10.1. The van der Waals surface area contributed by atoms with Crippen molar-refractivity contribution in [3.8, 4) is 28.8 Å². The minimum absolute atomic E-state index is 0.0280. The van der Waals surface area contributed by atoms with Gasteiger partial charge in [0.15, 0.2) is 0 Å². The number of nitrogens with one attached hydrogen (secondary N) is 1. The van der Waals surface area contributed by atoms with Crippen molar-refractivity contribution >= 4 is 0 Å². The van der Waals surface area contributed by atoms with Crippen LogP contribution in [-0.2, 0) is 22.7 Å². The Hall–Kier alpha value is -3.28. The standard InChI is InChI=1S/C28H37N3O7/c32-18-23-15-22(8-9-25(23)33)26(34)17-29-10-3-1-2-4-11-37-12-13-38-19-20-6-5-7-21(14-20)24-16-30-28(36)31-27(24)35/h5-9,14-16,26,29,32-34H,1-4,10-13,17-19H2,(H2,30,31,35,36)/t26-/m1/s1. The second-order valence-electron chi connectivity index (χ2n) is 8.95. The Balaban J connectivity index is 1.18. The zero-order chi connectivity index (χ0) is 27.2. The number of benzene rings is 2. The molecule has 0 amide bonds. The zero-order valence-corrected chi connectivity index (χ0v) is 21.4. The van der Waals surface area contributed by atoms with Crippen molar-refractivity contribution in [1.82, 2.24) is 15.3 Å². The maximum atomic E-state index is 10.3. The average molecular weight is 528 g/mol. The molecule has 0 bridgehead atoms. The Morgan fingerprint density at radius 1 is 0.895 bits per heavy atom. The van der Waals surface area contributed by atoms with E-state index in [4.69, 9.17) is 9.47 Å². The molecule has 3 aromatic rings. The molecule has 3 rings (SSSR count). The number of phenols is 1. The van der Waals surface area contributed by atoms with Gasteiger partial charge in [-0.25, -0.2) is 4.98 Å². The van der Waals surface area contributed by atoms with Crippen LogP contribution in [0.3, 0.4) is 0 Å². The Bertz CT molecular complexity index is 1130. The number of ether oxygens (including phenoxy) is 2. The highest BCUT2D eigenvalue weighted by Gasteiger charge is 2.10. The first-order valence-electron chi connectivity index (χ1n) is 12.8. The fourth-order valence-electron chi connectivity index (χ4n) is 3.91. The maximum Gasteiger partial charge on any atom is 0.317 e. The predicted octanol–water partition coefficient (Wildman–Crippen LogP) is 3.17. The number of unbranched alkanes of at least 4 members (excludes halogenated alkanes) is 3. The molecule has 206 valence electrons. The summed E-state index contributed by atoms with van der Waals surface area (Å²) in [5, 5.41) is 51.5. The summed E-state index contributed by atoms with van der Waals surface area (Å²) in [5.41, 5.74) is 3.19. The van der Waals surface area contributed by atoms with Crippen LogP contribution in [0.5, 0.6) is 17.6 Å². The number of hydrogen-bond donors (Lipinski definition) is 6. The number of nitrogens with zero attached hydrogens (tertiary/aromatic N) is 2. The fourth-order valence-corrected chi connectivity index (χ4v) is 3.91. The normalized spacial score (nSPS) is 12.1. The van der Waals surface area contributed by atoms with E-state index in [1.807, 2.05) is 24.3 Å². The van der Waals surface area contributed by atoms with Gasteiger partial charge < -0.3 is 40.3 Å². The molecular formula is C28H37N3O7. The minimum Gasteiger partial charge on any atom is -0.508 e. The molecule has 38 heavy (non-hydrogen) atoms. The van der Waals surface area contributed by atoms with Crippen molar-refractivity contribution in [1.29, 1.82) is 0 Å². The van der Waals surface area contributed by atoms with Crippen molar-refractivity contribution in [2.45, 2.75) is 45.0 Å². The van der Waals surface area contributed by atoms with Gasteiger partial charge in [-0.1, -0.05) is 37.1 Å². The minimum atomic E-state index is -0.692. The summed E-state index contributed by atoms with van der Waals surface area (Å²) in [4.78, 5) is 7.28. The quantitative estimate of drug-likeness (QED) is 0.144. The van der Waals surface area contributed by atoms with E-state index in [2.05, 4.69) is 15.3 Å². The van der Waals surface area contributed by atoms with Crippen molar-refractivity contribution < 1.29 is 35.0 Å². The topological polar surface area (TPSA) is 157 Å². The summed E-state index contributed by atoms with van der Waals surface area (Å²) in [6.45, 7) is 3.03. The molecule has 10 nitrogen and oxygen atoms in total. The van der Waals surface area contributed by atoms with E-state index in [9.17, 15) is 25.5 Å². The van der Waals surface area contributed by atoms with E-state index in [0.29, 0.717) is 49.7 Å². The summed E-state index contributed by atoms with van der Waals surface area (Å²) < 4.78 is 11.3. The third-order valence-corrected chi connectivity index (χ3v) is 6.02. The van der Waals surface area contributed by atoms with E-state index in [-0.39, 0.29) is 18.2 Å². The van der Waals surface area contributed by atoms with Crippen LogP contribution in [0.4, 0.5) is 0 Å². The molecule has 0 aliphatic heterocycles. The average Bonchev–Trinajstić information content (AvgIpc) is 2.91. The van der Waals surface area contributed by atoms with Crippen LogP contribution >= 0.6 is 0 Å². The molecule has 0 unspecified atom stereocenters. The van der Waals surface area contributed by atoms with E-state index < -0.39 is 12.1 Å². The predicted molar refractivity (Wildman–Crippen MR) is 142 cm³/mol. The zero-order valence-electron chi connectivity index (χ0n) is 21.4. The molecule has 0 saturated heterocycles. The molecular weight excluding hydrogens is 490 g/mol. The summed E-state index contributed by atoms with van der Waals surface area (Å²) >= 11 is 0. The first-order valence-corrected chi connectivity index (χ1v) is 12.8. The number of rotatable bonds is 17. The molecule has 0 spiro atoms. The molecule has 1 heterocycles. The van der Waals surface area contributed by atoms with Crippen LogP contribution in [0, 0.1) is 0 Å². The van der Waals surface area contributed by atoms with E-state index in [1.54, 1.807) is 12.1 Å². The number of aliphatic hydroxyl groups excluding tert-OH is 2. The molecule has 2 aromatic carbocycles. The van der Waals surface area contributed by atoms with Gasteiger partial charge in [-0.05, 0) is 54.3 Å². The van der Waals surface area contributed by atoms with Crippen LogP contribution in [0.25, 0.3) is 11.1 Å². The van der Waals surface area contributed by atoms with Crippen LogP contribution in [0.1, 0.15) is 48.5 Å². The highest BCUT2D eigenvalue weighted by atomic mass is 16.5. The van der Waals surface area contributed by atoms with Crippen molar-refractivity contribution in [2.24, 2.45) is 0 Å². The molecule has 1 aromatic heterocycles. The maximum absolute atomic E-state index is 10.3. The largest absolute Gasteiger partial charge is 0.508 e. The molecule has 0 radical (unpaired) electrons. The van der Waals surface area contributed by atoms with Gasteiger partial charge in [-0.15, -0.1) is 0 Å². The number of aromatic hydroxyl groups is 3. The van der Waals surface area contributed by atoms with Crippen molar-refractivity contribution in [3.05, 3.63) is 65.4 Å². The first-order chi connectivity index (χ1) is 18.5. The van der Waals surface area contributed by atoms with Crippen molar-refractivity contribution in [3.63, 3.8) is 0 Å². The SMILES string of the molecule is OCc1cc([C@H](O)CNCCCCCCOCCOCc2cccc(-c3cnc(O)nc3O)c2)ccc1O. The Morgan fingerprint density at radius 3 is 2.53 bits per heavy atom. The number of aliphatic hydroxyl groups is 2. The first kappa shape index (κ1) is 29.3. The van der Waals surface area contributed by atoms with Gasteiger partial charge in [-0.3, -0.25) is 0 Å². The second kappa shape index (κ2) is 15.9.